The molecule has 0 aliphatic heterocycles. The largest absolute Gasteiger partial charge is 0.215 e. The standard InChI is InChI=1S/C10H3Cl4IN2/c11-4-1-2-5(6(12)3-4)10-16-8(13)7(15)9(14)17-10/h1-3H. The summed E-state index contributed by atoms with van der Waals surface area (Å²) in [5, 5.41) is 1.59. The monoisotopic (exact) mass is 418 g/mol. The fourth-order valence-corrected chi connectivity index (χ4v) is 2.31. The lowest BCUT2D eigenvalue weighted by Crippen LogP contribution is -1.94. The number of benzene rings is 1. The molecule has 0 bridgehead atoms. The molecule has 0 N–H and O–H groups in total. The summed E-state index contributed by atoms with van der Waals surface area (Å²) in [5.41, 5.74) is 0.635. The molecule has 0 radical (unpaired) electrons. The molecule has 0 amide bonds. The van der Waals surface area contributed by atoms with E-state index in [0.717, 1.165) is 0 Å². The first kappa shape index (κ1) is 13.6. The average Bonchev–Trinajstić information content (AvgIpc) is 2.25. The molecule has 1 aromatic heterocycles. The second-order valence-electron chi connectivity index (χ2n) is 3.07. The highest BCUT2D eigenvalue weighted by Crippen LogP contribution is 2.31. The Morgan fingerprint density at radius 1 is 0.941 bits per heavy atom. The van der Waals surface area contributed by atoms with Gasteiger partial charge in [0.05, 0.1) is 8.59 Å². The minimum absolute atomic E-state index is 0.298. The van der Waals surface area contributed by atoms with Crippen LogP contribution in [0.15, 0.2) is 18.2 Å². The third-order valence-corrected chi connectivity index (χ3v) is 4.70. The Balaban J connectivity index is 2.61. The van der Waals surface area contributed by atoms with Gasteiger partial charge in [0.2, 0.25) is 0 Å². The lowest BCUT2D eigenvalue weighted by molar-refractivity contribution is 1.16. The zero-order chi connectivity index (χ0) is 12.6. The topological polar surface area (TPSA) is 25.8 Å². The zero-order valence-electron chi connectivity index (χ0n) is 8.02. The zero-order valence-corrected chi connectivity index (χ0v) is 13.2. The molecular weight excluding hydrogens is 417 g/mol. The average molecular weight is 420 g/mol. The number of nitrogens with zero attached hydrogens (tertiary/aromatic N) is 2. The van der Waals surface area contributed by atoms with Crippen LogP contribution in [0.2, 0.25) is 20.4 Å². The first-order chi connectivity index (χ1) is 7.99. The van der Waals surface area contributed by atoms with Crippen LogP contribution in [-0.2, 0) is 0 Å². The Labute approximate surface area is 131 Å². The molecule has 1 heterocycles. The number of hydrogen-bond donors (Lipinski definition) is 0. The van der Waals surface area contributed by atoms with Crippen molar-refractivity contribution in [2.45, 2.75) is 0 Å². The van der Waals surface area contributed by atoms with Crippen LogP contribution in [0.25, 0.3) is 11.4 Å². The third kappa shape index (κ3) is 2.96. The van der Waals surface area contributed by atoms with Crippen molar-refractivity contribution < 1.29 is 0 Å². The third-order valence-electron chi connectivity index (χ3n) is 1.94. The van der Waals surface area contributed by atoms with Crippen LogP contribution in [-0.4, -0.2) is 9.97 Å². The molecule has 0 fully saturated rings. The van der Waals surface area contributed by atoms with Crippen LogP contribution >= 0.6 is 69.0 Å². The van der Waals surface area contributed by atoms with Gasteiger partial charge in [0.25, 0.3) is 0 Å². The summed E-state index contributed by atoms with van der Waals surface area (Å²) in [6.45, 7) is 0. The Kier molecular flexibility index (Phi) is 4.36. The summed E-state index contributed by atoms with van der Waals surface area (Å²) in [6.07, 6.45) is 0. The minimum atomic E-state index is 0.298. The predicted molar refractivity (Wildman–Crippen MR) is 80.2 cm³/mol. The van der Waals surface area contributed by atoms with Crippen molar-refractivity contribution in [3.05, 3.63) is 42.1 Å². The highest BCUT2D eigenvalue weighted by molar-refractivity contribution is 14.1. The predicted octanol–water partition coefficient (Wildman–Crippen LogP) is 5.36. The SMILES string of the molecule is Clc1ccc(-c2nc(Cl)c(I)c(Cl)n2)c(Cl)c1. The van der Waals surface area contributed by atoms with Gasteiger partial charge in [-0.1, -0.05) is 46.4 Å². The molecule has 1 aromatic carbocycles. The van der Waals surface area contributed by atoms with E-state index in [1.807, 2.05) is 22.6 Å². The molecule has 0 aliphatic rings. The van der Waals surface area contributed by atoms with Crippen molar-refractivity contribution in [3.8, 4) is 11.4 Å². The van der Waals surface area contributed by atoms with Gasteiger partial charge < -0.3 is 0 Å². The van der Waals surface area contributed by atoms with E-state index in [4.69, 9.17) is 46.4 Å². The Morgan fingerprint density at radius 3 is 2.06 bits per heavy atom. The molecule has 2 nitrogen and oxygen atoms in total. The highest BCUT2D eigenvalue weighted by atomic mass is 127. The van der Waals surface area contributed by atoms with E-state index in [2.05, 4.69) is 9.97 Å². The lowest BCUT2D eigenvalue weighted by Gasteiger charge is -2.05. The molecule has 0 saturated carbocycles. The van der Waals surface area contributed by atoms with Crippen LogP contribution in [0.4, 0.5) is 0 Å². The van der Waals surface area contributed by atoms with Gasteiger partial charge in [-0.25, -0.2) is 9.97 Å². The molecule has 0 aliphatic carbocycles. The van der Waals surface area contributed by atoms with Crippen LogP contribution in [0.3, 0.4) is 0 Å². The highest BCUT2D eigenvalue weighted by Gasteiger charge is 2.13. The summed E-state index contributed by atoms with van der Waals surface area (Å²) in [6, 6.07) is 5.03. The van der Waals surface area contributed by atoms with E-state index in [1.54, 1.807) is 18.2 Å². The second-order valence-corrected chi connectivity index (χ2v) is 5.71. The molecule has 17 heavy (non-hydrogen) atoms. The first-order valence-corrected chi connectivity index (χ1v) is 6.92. The molecule has 7 heteroatoms. The van der Waals surface area contributed by atoms with E-state index in [1.165, 1.54) is 0 Å². The molecule has 0 spiro atoms. The molecule has 2 aromatic rings. The van der Waals surface area contributed by atoms with E-state index in [-0.39, 0.29) is 0 Å². The number of halogens is 5. The van der Waals surface area contributed by atoms with Crippen molar-refractivity contribution in [3.63, 3.8) is 0 Å². The van der Waals surface area contributed by atoms with Gasteiger partial charge in [-0.15, -0.1) is 0 Å². The maximum absolute atomic E-state index is 6.06. The Bertz CT molecular complexity index is 566. The van der Waals surface area contributed by atoms with E-state index >= 15 is 0 Å². The van der Waals surface area contributed by atoms with Gasteiger partial charge in [-0.3, -0.25) is 0 Å². The molecular formula is C10H3Cl4IN2. The number of aromatic nitrogens is 2. The molecule has 0 saturated heterocycles. The van der Waals surface area contributed by atoms with E-state index in [0.29, 0.717) is 35.3 Å². The van der Waals surface area contributed by atoms with Crippen LogP contribution in [0, 0.1) is 3.57 Å². The van der Waals surface area contributed by atoms with Crippen LogP contribution < -0.4 is 0 Å². The summed E-state index contributed by atoms with van der Waals surface area (Å²) >= 11 is 25.7. The quantitative estimate of drug-likeness (QED) is 0.459. The van der Waals surface area contributed by atoms with E-state index < -0.39 is 0 Å². The number of rotatable bonds is 1. The van der Waals surface area contributed by atoms with Crippen molar-refractivity contribution in [2.75, 3.05) is 0 Å². The normalized spacial score (nSPS) is 10.6. The summed E-state index contributed by atoms with van der Waals surface area (Å²) in [7, 11) is 0. The van der Waals surface area contributed by atoms with Crippen molar-refractivity contribution >= 4 is 69.0 Å². The van der Waals surface area contributed by atoms with Gasteiger partial charge >= 0.3 is 0 Å². The van der Waals surface area contributed by atoms with Gasteiger partial charge in [0, 0.05) is 10.6 Å². The van der Waals surface area contributed by atoms with Crippen molar-refractivity contribution in [2.24, 2.45) is 0 Å². The van der Waals surface area contributed by atoms with E-state index in [9.17, 15) is 0 Å². The van der Waals surface area contributed by atoms with Gasteiger partial charge in [0.15, 0.2) is 5.82 Å². The smallest absolute Gasteiger partial charge is 0.164 e. The van der Waals surface area contributed by atoms with Crippen LogP contribution in [0.1, 0.15) is 0 Å². The number of hydrogen-bond acceptors (Lipinski definition) is 2. The first-order valence-electron chi connectivity index (χ1n) is 4.33. The van der Waals surface area contributed by atoms with Gasteiger partial charge in [-0.2, -0.15) is 0 Å². The molecule has 2 rings (SSSR count). The molecule has 88 valence electrons. The van der Waals surface area contributed by atoms with Gasteiger partial charge in [0.1, 0.15) is 10.3 Å². The van der Waals surface area contributed by atoms with Crippen molar-refractivity contribution in [1.29, 1.82) is 0 Å². The summed E-state index contributed by atoms with van der Waals surface area (Å²) in [5.74, 6) is 0.377. The van der Waals surface area contributed by atoms with Gasteiger partial charge in [-0.05, 0) is 40.8 Å². The second kappa shape index (κ2) is 5.45. The maximum Gasteiger partial charge on any atom is 0.164 e. The molecule has 0 atom stereocenters. The fourth-order valence-electron chi connectivity index (χ4n) is 1.19. The minimum Gasteiger partial charge on any atom is -0.215 e. The lowest BCUT2D eigenvalue weighted by atomic mass is 10.2. The molecule has 0 unspecified atom stereocenters. The van der Waals surface area contributed by atoms with Crippen molar-refractivity contribution in [1.82, 2.24) is 9.97 Å². The summed E-state index contributed by atoms with van der Waals surface area (Å²) in [4.78, 5) is 8.26. The van der Waals surface area contributed by atoms with Crippen LogP contribution in [0.5, 0.6) is 0 Å². The summed E-state index contributed by atoms with van der Waals surface area (Å²) < 4.78 is 0.611. The maximum atomic E-state index is 6.06. The Morgan fingerprint density at radius 2 is 1.53 bits per heavy atom. The fraction of sp³-hybridized carbons (Fsp3) is 0. The Hall–Kier alpha value is 0.190.